The largest absolute Gasteiger partial charge is 0.497 e. The smallest absolute Gasteiger partial charge is 0.119 e. The van der Waals surface area contributed by atoms with E-state index in [-0.39, 0.29) is 0 Å². The summed E-state index contributed by atoms with van der Waals surface area (Å²) in [5, 5.41) is 19.7. The Kier molecular flexibility index (Phi) is 6.47. The maximum Gasteiger partial charge on any atom is 0.119 e. The van der Waals surface area contributed by atoms with Gasteiger partial charge in [-0.2, -0.15) is 0 Å². The molecule has 0 aliphatic rings. The summed E-state index contributed by atoms with van der Waals surface area (Å²) in [5.74, 6) is 0.847. The second-order valence-electron chi connectivity index (χ2n) is 13.5. The van der Waals surface area contributed by atoms with Gasteiger partial charge in [0.15, 0.2) is 0 Å². The van der Waals surface area contributed by atoms with Gasteiger partial charge in [0, 0.05) is 16.8 Å². The van der Waals surface area contributed by atoms with Crippen LogP contribution in [0.15, 0.2) is 146 Å². The lowest BCUT2D eigenvalue weighted by atomic mass is 9.87. The fourth-order valence-corrected chi connectivity index (χ4v) is 8.75. The van der Waals surface area contributed by atoms with Gasteiger partial charge < -0.3 is 10.1 Å². The maximum absolute atomic E-state index is 5.42. The van der Waals surface area contributed by atoms with E-state index in [1.54, 1.807) is 7.11 Å². The van der Waals surface area contributed by atoms with Crippen LogP contribution in [0, 0.1) is 0 Å². The van der Waals surface area contributed by atoms with E-state index in [0.717, 1.165) is 30.0 Å². The van der Waals surface area contributed by atoms with Crippen molar-refractivity contribution < 1.29 is 4.74 Å². The van der Waals surface area contributed by atoms with E-state index < -0.39 is 0 Å². The summed E-state index contributed by atoms with van der Waals surface area (Å²) < 4.78 is 5.42. The highest BCUT2D eigenvalue weighted by molar-refractivity contribution is 6.47. The molecule has 0 amide bonds. The minimum atomic E-state index is 0.847. The number of hydrogen-bond acceptors (Lipinski definition) is 2. The molecule has 0 heterocycles. The first-order valence-electron chi connectivity index (χ1n) is 17.6. The average Bonchev–Trinajstić information content (AvgIpc) is 3.68. The Labute approximate surface area is 291 Å². The summed E-state index contributed by atoms with van der Waals surface area (Å²) in [4.78, 5) is 0. The van der Waals surface area contributed by atoms with E-state index >= 15 is 0 Å². The first-order valence-corrected chi connectivity index (χ1v) is 17.6. The molecule has 10 rings (SSSR count). The molecule has 238 valence electrons. The van der Waals surface area contributed by atoms with Crippen LogP contribution < -0.4 is 10.1 Å². The third kappa shape index (κ3) is 4.09. The van der Waals surface area contributed by atoms with Crippen molar-refractivity contribution in [3.8, 4) is 28.0 Å². The number of nitrogens with one attached hydrogen (secondary N) is 1. The van der Waals surface area contributed by atoms with Crippen molar-refractivity contribution in [3.05, 3.63) is 151 Å². The lowest BCUT2D eigenvalue weighted by molar-refractivity contribution is 0.415. The van der Waals surface area contributed by atoms with Gasteiger partial charge in [-0.05, 0) is 124 Å². The summed E-state index contributed by atoms with van der Waals surface area (Å²) >= 11 is 0. The van der Waals surface area contributed by atoms with E-state index in [0.29, 0.717) is 0 Å². The molecule has 50 heavy (non-hydrogen) atoms. The van der Waals surface area contributed by atoms with Crippen LogP contribution in [0.3, 0.4) is 0 Å². The quantitative estimate of drug-likeness (QED) is 0.187. The highest BCUT2D eigenvalue weighted by atomic mass is 16.5. The molecule has 2 heteroatoms. The van der Waals surface area contributed by atoms with Crippen molar-refractivity contribution in [2.45, 2.75) is 19.8 Å². The van der Waals surface area contributed by atoms with Crippen molar-refractivity contribution in [1.82, 2.24) is 0 Å². The lowest BCUT2D eigenvalue weighted by Gasteiger charge is -2.15. The fourth-order valence-electron chi connectivity index (χ4n) is 8.75. The molecule has 0 aromatic heterocycles. The summed E-state index contributed by atoms with van der Waals surface area (Å²) in [6.45, 7) is 2.28. The van der Waals surface area contributed by atoms with Crippen LogP contribution in [-0.4, -0.2) is 7.11 Å². The van der Waals surface area contributed by atoms with Crippen LogP contribution in [0.5, 0.6) is 5.75 Å². The minimum Gasteiger partial charge on any atom is -0.497 e. The average molecular weight is 642 g/mol. The van der Waals surface area contributed by atoms with Gasteiger partial charge in [0.1, 0.15) is 5.75 Å². The molecule has 2 nitrogen and oxygen atoms in total. The molecule has 0 aliphatic carbocycles. The summed E-state index contributed by atoms with van der Waals surface area (Å²) in [6, 6.07) is 53.5. The molecule has 0 unspecified atom stereocenters. The molecule has 10 aromatic rings. The van der Waals surface area contributed by atoms with E-state index in [9.17, 15) is 0 Å². The highest BCUT2D eigenvalue weighted by Gasteiger charge is 2.28. The number of methoxy groups -OCH3 is 1. The number of fused-ring (bicyclic) bond motifs is 6. The number of anilines is 2. The third-order valence-electron chi connectivity index (χ3n) is 10.8. The maximum atomic E-state index is 5.42. The molecule has 1 N–H and O–H groups in total. The number of hydrogen-bond donors (Lipinski definition) is 1. The van der Waals surface area contributed by atoms with Gasteiger partial charge in [-0.25, -0.2) is 0 Å². The van der Waals surface area contributed by atoms with Gasteiger partial charge in [0.05, 0.1) is 7.11 Å². The van der Waals surface area contributed by atoms with Crippen LogP contribution in [0.25, 0.3) is 86.9 Å². The fraction of sp³-hybridized carbons (Fsp3) is 0.0833. The van der Waals surface area contributed by atoms with Crippen molar-refractivity contribution in [3.63, 3.8) is 0 Å². The zero-order valence-electron chi connectivity index (χ0n) is 28.2. The Morgan fingerprint density at radius 2 is 0.940 bits per heavy atom. The Morgan fingerprint density at radius 1 is 0.440 bits per heavy atom. The van der Waals surface area contributed by atoms with Crippen molar-refractivity contribution in [2.75, 3.05) is 12.4 Å². The zero-order valence-corrected chi connectivity index (χ0v) is 28.2. The third-order valence-corrected chi connectivity index (χ3v) is 10.8. The highest BCUT2D eigenvalue weighted by Crippen LogP contribution is 2.56. The van der Waals surface area contributed by atoms with Crippen LogP contribution in [0.1, 0.15) is 18.9 Å². The predicted octanol–water partition coefficient (Wildman–Crippen LogP) is 13.5. The topological polar surface area (TPSA) is 21.3 Å². The molecular weight excluding hydrogens is 607 g/mol. The van der Waals surface area contributed by atoms with Crippen molar-refractivity contribution in [2.24, 2.45) is 0 Å². The van der Waals surface area contributed by atoms with Gasteiger partial charge in [-0.1, -0.05) is 129 Å². The van der Waals surface area contributed by atoms with E-state index in [1.165, 1.54) is 92.5 Å². The normalized spacial score (nSPS) is 12.0. The lowest BCUT2D eigenvalue weighted by Crippen LogP contribution is -1.92. The first-order chi connectivity index (χ1) is 24.7. The Bertz CT molecular complexity index is 2760. The van der Waals surface area contributed by atoms with E-state index in [4.69, 9.17) is 4.74 Å². The van der Waals surface area contributed by atoms with Gasteiger partial charge in [-0.15, -0.1) is 0 Å². The second kappa shape index (κ2) is 11.2. The van der Waals surface area contributed by atoms with E-state index in [1.807, 2.05) is 12.1 Å². The van der Waals surface area contributed by atoms with Crippen molar-refractivity contribution >= 4 is 76.0 Å². The first kappa shape index (κ1) is 28.9. The van der Waals surface area contributed by atoms with Gasteiger partial charge in [0.25, 0.3) is 0 Å². The standard InChI is InChI=1S/C48H35NO/c1-3-12-29-21-26-38-43-34(29)17-10-19-36(43)45-41(30-13-6-4-7-14-30)48-39-27-28-40(49-32-22-24-33(50-2)25-23-32)35-18-11-20-37(44(35)39)46(48)42(47(38)45)31-15-8-5-9-16-31/h4-11,13-28,49H,3,12H2,1-2H3. The van der Waals surface area contributed by atoms with Gasteiger partial charge >= 0.3 is 0 Å². The second-order valence-corrected chi connectivity index (χ2v) is 13.5. The van der Waals surface area contributed by atoms with E-state index in [2.05, 4.69) is 146 Å². The Hall–Kier alpha value is -6.12. The molecule has 0 aliphatic heterocycles. The molecule has 0 atom stereocenters. The van der Waals surface area contributed by atoms with Gasteiger partial charge in [0.2, 0.25) is 0 Å². The van der Waals surface area contributed by atoms with Crippen LogP contribution in [-0.2, 0) is 6.42 Å². The molecule has 0 spiro atoms. The molecular formula is C48H35NO. The molecule has 0 bridgehead atoms. The SMILES string of the molecule is CCCc1ccc2c3c(-c4ccccc4)c4c5cccc6c(Nc7ccc(OC)cc7)ccc(c4c(-c4ccccc4)c3c3cccc1c23)c65. The number of benzene rings is 8. The molecule has 0 fully saturated rings. The summed E-state index contributed by atoms with van der Waals surface area (Å²) in [5.41, 5.74) is 8.70. The molecule has 0 saturated carbocycles. The van der Waals surface area contributed by atoms with Crippen LogP contribution in [0.4, 0.5) is 11.4 Å². The molecule has 0 radical (unpaired) electrons. The Morgan fingerprint density at radius 3 is 1.50 bits per heavy atom. The van der Waals surface area contributed by atoms with Crippen LogP contribution in [0.2, 0.25) is 0 Å². The predicted molar refractivity (Wildman–Crippen MR) is 215 cm³/mol. The summed E-state index contributed by atoms with van der Waals surface area (Å²) in [6.07, 6.45) is 2.20. The number of aryl methyl sites for hydroxylation is 1. The Balaban J connectivity index is 1.42. The van der Waals surface area contributed by atoms with Crippen molar-refractivity contribution in [1.29, 1.82) is 0 Å². The number of ether oxygens (including phenoxy) is 1. The minimum absolute atomic E-state index is 0.847. The van der Waals surface area contributed by atoms with Crippen LogP contribution >= 0.6 is 0 Å². The molecule has 0 saturated heterocycles. The molecule has 10 aromatic carbocycles. The zero-order chi connectivity index (χ0) is 33.3. The number of rotatable bonds is 7. The van der Waals surface area contributed by atoms with Gasteiger partial charge in [-0.3, -0.25) is 0 Å². The monoisotopic (exact) mass is 641 g/mol. The summed E-state index contributed by atoms with van der Waals surface area (Å²) in [7, 11) is 1.70.